The molecule has 1 aliphatic carbocycles. The third-order valence-electron chi connectivity index (χ3n) is 6.12. The summed E-state index contributed by atoms with van der Waals surface area (Å²) in [5, 5.41) is 19.9. The van der Waals surface area contributed by atoms with E-state index in [0.29, 0.717) is 19.3 Å². The van der Waals surface area contributed by atoms with Crippen molar-refractivity contribution in [3.63, 3.8) is 0 Å². The van der Waals surface area contributed by atoms with Crippen molar-refractivity contribution in [2.24, 2.45) is 0 Å². The Labute approximate surface area is 200 Å². The molecule has 0 spiro atoms. The molecule has 0 atom stereocenters. The van der Waals surface area contributed by atoms with Gasteiger partial charge in [0, 0.05) is 22.5 Å². The number of nitrogens with one attached hydrogen (secondary N) is 1. The predicted molar refractivity (Wildman–Crippen MR) is 131 cm³/mol. The van der Waals surface area contributed by atoms with Gasteiger partial charge in [-0.25, -0.2) is 14.8 Å². The lowest BCUT2D eigenvalue weighted by atomic mass is 9.88. The van der Waals surface area contributed by atoms with Gasteiger partial charge in [0.25, 0.3) is 0 Å². The maximum absolute atomic E-state index is 8.56. The van der Waals surface area contributed by atoms with Crippen LogP contribution in [0.4, 0.5) is 10.6 Å². The number of rotatable bonds is 4. The standard InChI is InChI=1S/C24H23N3O2S.CH2O3/c1-2-6-16(7-3-1)22-26-23(21-17-8-4-5-9-20(17)30-24(21)27-22)25-13-15-10-11-18-19(12-15)29-14-28-18;2-1(3)4/h4-5,8-12,16H,1-3,6-7,13-14H2,(H,25,26,27);(H2,2,3,4). The fraction of sp³-hybridized carbons (Fsp3) is 0.320. The zero-order chi connectivity index (χ0) is 23.5. The first-order valence-corrected chi connectivity index (χ1v) is 12.1. The number of hydrogen-bond donors (Lipinski definition) is 3. The Kier molecular flexibility index (Phi) is 6.35. The van der Waals surface area contributed by atoms with E-state index in [4.69, 9.17) is 34.4 Å². The number of carbonyl (C=O) groups is 1. The molecule has 2 aliphatic rings. The molecule has 9 heteroatoms. The molecule has 8 nitrogen and oxygen atoms in total. The first-order chi connectivity index (χ1) is 16.6. The Bertz CT molecular complexity index is 1330. The third kappa shape index (κ3) is 4.70. The molecule has 3 heterocycles. The quantitative estimate of drug-likeness (QED) is 0.306. The highest BCUT2D eigenvalue weighted by Crippen LogP contribution is 2.39. The average Bonchev–Trinajstić information content (AvgIpc) is 3.46. The molecule has 1 fully saturated rings. The van der Waals surface area contributed by atoms with E-state index in [1.54, 1.807) is 11.3 Å². The van der Waals surface area contributed by atoms with Gasteiger partial charge in [-0.3, -0.25) is 0 Å². The largest absolute Gasteiger partial charge is 0.503 e. The molecule has 1 saturated carbocycles. The van der Waals surface area contributed by atoms with Crippen molar-refractivity contribution in [1.82, 2.24) is 9.97 Å². The van der Waals surface area contributed by atoms with Crippen LogP contribution in [0.5, 0.6) is 11.5 Å². The maximum atomic E-state index is 8.56. The van der Waals surface area contributed by atoms with Crippen molar-refractivity contribution in [1.29, 1.82) is 0 Å². The second kappa shape index (κ2) is 9.72. The molecular weight excluding hydrogens is 454 g/mol. The van der Waals surface area contributed by atoms with E-state index in [1.807, 2.05) is 12.1 Å². The molecule has 0 bridgehead atoms. The summed E-state index contributed by atoms with van der Waals surface area (Å²) >= 11 is 1.76. The minimum atomic E-state index is -1.83. The number of nitrogens with zero attached hydrogens (tertiary/aromatic N) is 2. The van der Waals surface area contributed by atoms with E-state index >= 15 is 0 Å². The monoisotopic (exact) mass is 479 g/mol. The predicted octanol–water partition coefficient (Wildman–Crippen LogP) is 6.46. The summed E-state index contributed by atoms with van der Waals surface area (Å²) in [7, 11) is 0. The molecule has 176 valence electrons. The van der Waals surface area contributed by atoms with Crippen LogP contribution in [0.25, 0.3) is 20.3 Å². The van der Waals surface area contributed by atoms with Gasteiger partial charge in [0.1, 0.15) is 16.5 Å². The van der Waals surface area contributed by atoms with Crippen molar-refractivity contribution in [2.45, 2.75) is 44.6 Å². The maximum Gasteiger partial charge on any atom is 0.503 e. The van der Waals surface area contributed by atoms with Gasteiger partial charge in [0.05, 0.1) is 5.39 Å². The Morgan fingerprint density at radius 3 is 2.62 bits per heavy atom. The van der Waals surface area contributed by atoms with Crippen LogP contribution < -0.4 is 14.8 Å². The number of carboxylic acid groups (broad SMARTS) is 2. The number of anilines is 1. The highest BCUT2D eigenvalue weighted by molar-refractivity contribution is 7.25. The third-order valence-corrected chi connectivity index (χ3v) is 7.19. The Morgan fingerprint density at radius 2 is 1.79 bits per heavy atom. The van der Waals surface area contributed by atoms with Crippen molar-refractivity contribution >= 4 is 43.6 Å². The summed E-state index contributed by atoms with van der Waals surface area (Å²) in [6.45, 7) is 0.974. The number of aromatic nitrogens is 2. The molecule has 0 unspecified atom stereocenters. The molecule has 0 amide bonds. The van der Waals surface area contributed by atoms with Crippen LogP contribution in [0, 0.1) is 0 Å². The van der Waals surface area contributed by atoms with Gasteiger partial charge in [-0.15, -0.1) is 11.3 Å². The normalized spacial score (nSPS) is 15.2. The Morgan fingerprint density at radius 1 is 1.03 bits per heavy atom. The van der Waals surface area contributed by atoms with Gasteiger partial charge < -0.3 is 25.0 Å². The van der Waals surface area contributed by atoms with Crippen LogP contribution in [0.15, 0.2) is 42.5 Å². The van der Waals surface area contributed by atoms with E-state index in [1.165, 1.54) is 42.2 Å². The molecular formula is C25H25N3O5S. The second-order valence-electron chi connectivity index (χ2n) is 8.37. The number of thiophene rings is 1. The topological polar surface area (TPSA) is 114 Å². The van der Waals surface area contributed by atoms with Gasteiger partial charge in [-0.2, -0.15) is 0 Å². The zero-order valence-corrected chi connectivity index (χ0v) is 19.3. The fourth-order valence-electron chi connectivity index (χ4n) is 4.55. The molecule has 6 rings (SSSR count). The van der Waals surface area contributed by atoms with E-state index in [-0.39, 0.29) is 0 Å². The summed E-state index contributed by atoms with van der Waals surface area (Å²) in [4.78, 5) is 19.7. The van der Waals surface area contributed by atoms with E-state index in [9.17, 15) is 0 Å². The number of fused-ring (bicyclic) bond motifs is 4. The minimum absolute atomic E-state index is 0.296. The van der Waals surface area contributed by atoms with Gasteiger partial charge >= 0.3 is 6.16 Å². The SMILES string of the molecule is O=C(O)O.c1ccc2c(c1)sc1nc(C3CCCCC3)nc(NCc3ccc4c(c3)OCO4)c12. The highest BCUT2D eigenvalue weighted by Gasteiger charge is 2.22. The van der Waals surface area contributed by atoms with Crippen LogP contribution in [0.3, 0.4) is 0 Å². The lowest BCUT2D eigenvalue weighted by Crippen LogP contribution is -2.11. The molecule has 0 radical (unpaired) electrons. The Balaban J connectivity index is 0.000000560. The molecule has 34 heavy (non-hydrogen) atoms. The first-order valence-electron chi connectivity index (χ1n) is 11.3. The van der Waals surface area contributed by atoms with Gasteiger partial charge in [-0.1, -0.05) is 43.5 Å². The number of hydrogen-bond acceptors (Lipinski definition) is 7. The molecule has 2 aromatic heterocycles. The van der Waals surface area contributed by atoms with Crippen molar-refractivity contribution in [3.05, 3.63) is 53.9 Å². The summed E-state index contributed by atoms with van der Waals surface area (Å²) < 4.78 is 12.2. The fourth-order valence-corrected chi connectivity index (χ4v) is 5.63. The van der Waals surface area contributed by atoms with Crippen LogP contribution >= 0.6 is 11.3 Å². The lowest BCUT2D eigenvalue weighted by molar-refractivity contribution is 0.137. The number of benzene rings is 2. The van der Waals surface area contributed by atoms with E-state index in [0.717, 1.165) is 38.9 Å². The van der Waals surface area contributed by atoms with Crippen molar-refractivity contribution < 1.29 is 24.5 Å². The van der Waals surface area contributed by atoms with Crippen LogP contribution in [-0.4, -0.2) is 33.1 Å². The van der Waals surface area contributed by atoms with Crippen molar-refractivity contribution in [3.8, 4) is 11.5 Å². The average molecular weight is 480 g/mol. The summed E-state index contributed by atoms with van der Waals surface area (Å²) in [5.41, 5.74) is 1.14. The molecule has 2 aromatic carbocycles. The van der Waals surface area contributed by atoms with Crippen LogP contribution in [-0.2, 0) is 6.54 Å². The second-order valence-corrected chi connectivity index (χ2v) is 9.40. The van der Waals surface area contributed by atoms with Gasteiger partial charge in [-0.05, 0) is 36.6 Å². The Hall–Kier alpha value is -3.59. The minimum Gasteiger partial charge on any atom is -0.454 e. The zero-order valence-electron chi connectivity index (χ0n) is 18.5. The summed E-state index contributed by atoms with van der Waals surface area (Å²) in [6, 6.07) is 14.6. The van der Waals surface area contributed by atoms with E-state index in [2.05, 4.69) is 35.6 Å². The summed E-state index contributed by atoms with van der Waals surface area (Å²) in [6.07, 6.45) is 4.43. The van der Waals surface area contributed by atoms with Crippen LogP contribution in [0.2, 0.25) is 0 Å². The van der Waals surface area contributed by atoms with Crippen molar-refractivity contribution in [2.75, 3.05) is 12.1 Å². The summed E-state index contributed by atoms with van der Waals surface area (Å²) in [5.74, 6) is 4.04. The smallest absolute Gasteiger partial charge is 0.454 e. The lowest BCUT2D eigenvalue weighted by Gasteiger charge is -2.21. The van der Waals surface area contributed by atoms with E-state index < -0.39 is 6.16 Å². The highest BCUT2D eigenvalue weighted by atomic mass is 32.1. The molecule has 3 N–H and O–H groups in total. The molecule has 0 saturated heterocycles. The van der Waals surface area contributed by atoms with Crippen LogP contribution in [0.1, 0.15) is 49.4 Å². The van der Waals surface area contributed by atoms with Gasteiger partial charge in [0.15, 0.2) is 11.5 Å². The number of ether oxygens (including phenoxy) is 2. The first kappa shape index (κ1) is 22.2. The molecule has 1 aliphatic heterocycles. The van der Waals surface area contributed by atoms with Gasteiger partial charge in [0.2, 0.25) is 6.79 Å². The molecule has 4 aromatic rings.